The number of methoxy groups -OCH3 is 1. The summed E-state index contributed by atoms with van der Waals surface area (Å²) in [6.45, 7) is 3.40. The fourth-order valence-corrected chi connectivity index (χ4v) is 1.21. The Hall–Kier alpha value is -1.78. The normalized spacial score (nSPS) is 10.3. The van der Waals surface area contributed by atoms with Crippen LogP contribution in [-0.2, 0) is 4.74 Å². The molecule has 2 N–H and O–H groups in total. The third kappa shape index (κ3) is 2.62. The van der Waals surface area contributed by atoms with Crippen molar-refractivity contribution in [3.8, 4) is 5.75 Å². The number of carbonyl (C=O) groups is 1. The van der Waals surface area contributed by atoms with Crippen LogP contribution in [0.5, 0.6) is 5.75 Å². The van der Waals surface area contributed by atoms with Gasteiger partial charge in [-0.25, -0.2) is 9.18 Å². The second-order valence-electron chi connectivity index (χ2n) is 3.52. The standard InChI is InChI=1S/C11H14FNO3/c1-6(2)16-11(14)8-4-7(12)5-9(15-3)10(8)13/h4-6H,13H2,1-3H3. The Bertz CT molecular complexity index is 404. The maximum absolute atomic E-state index is 13.1. The summed E-state index contributed by atoms with van der Waals surface area (Å²) in [5.74, 6) is -1.14. The molecular weight excluding hydrogens is 213 g/mol. The first-order valence-electron chi connectivity index (χ1n) is 4.79. The summed E-state index contributed by atoms with van der Waals surface area (Å²) in [6.07, 6.45) is -0.291. The number of anilines is 1. The van der Waals surface area contributed by atoms with E-state index in [0.717, 1.165) is 12.1 Å². The molecule has 4 nitrogen and oxygen atoms in total. The molecule has 0 saturated heterocycles. The number of halogens is 1. The smallest absolute Gasteiger partial charge is 0.340 e. The van der Waals surface area contributed by atoms with Gasteiger partial charge in [0.25, 0.3) is 0 Å². The molecule has 0 atom stereocenters. The molecule has 0 fully saturated rings. The van der Waals surface area contributed by atoms with Crippen molar-refractivity contribution < 1.29 is 18.7 Å². The van der Waals surface area contributed by atoms with E-state index in [1.165, 1.54) is 7.11 Å². The largest absolute Gasteiger partial charge is 0.494 e. The van der Waals surface area contributed by atoms with E-state index in [-0.39, 0.29) is 23.1 Å². The van der Waals surface area contributed by atoms with Gasteiger partial charge in [0.2, 0.25) is 0 Å². The minimum atomic E-state index is -0.662. The van der Waals surface area contributed by atoms with Crippen molar-refractivity contribution in [3.05, 3.63) is 23.5 Å². The molecule has 5 heteroatoms. The number of benzene rings is 1. The lowest BCUT2D eigenvalue weighted by molar-refractivity contribution is 0.0378. The van der Waals surface area contributed by atoms with Gasteiger partial charge in [0.1, 0.15) is 11.6 Å². The minimum Gasteiger partial charge on any atom is -0.494 e. The van der Waals surface area contributed by atoms with Crippen LogP contribution in [0, 0.1) is 5.82 Å². The lowest BCUT2D eigenvalue weighted by atomic mass is 10.1. The second kappa shape index (κ2) is 4.83. The van der Waals surface area contributed by atoms with Crippen molar-refractivity contribution in [1.82, 2.24) is 0 Å². The highest BCUT2D eigenvalue weighted by atomic mass is 19.1. The average Bonchev–Trinajstić information content (AvgIpc) is 2.19. The topological polar surface area (TPSA) is 61.5 Å². The van der Waals surface area contributed by atoms with Crippen LogP contribution < -0.4 is 10.5 Å². The van der Waals surface area contributed by atoms with Crippen molar-refractivity contribution >= 4 is 11.7 Å². The predicted octanol–water partition coefficient (Wildman–Crippen LogP) is 1.98. The summed E-state index contributed by atoms with van der Waals surface area (Å²) >= 11 is 0. The average molecular weight is 227 g/mol. The summed E-state index contributed by atoms with van der Waals surface area (Å²) in [4.78, 5) is 11.6. The Kier molecular flexibility index (Phi) is 3.71. The van der Waals surface area contributed by atoms with Crippen molar-refractivity contribution in [3.63, 3.8) is 0 Å². The molecule has 0 bridgehead atoms. The van der Waals surface area contributed by atoms with Gasteiger partial charge in [-0.3, -0.25) is 0 Å². The Morgan fingerprint density at radius 1 is 1.44 bits per heavy atom. The Labute approximate surface area is 93.2 Å². The summed E-state index contributed by atoms with van der Waals surface area (Å²) in [5.41, 5.74) is 5.70. The maximum atomic E-state index is 13.1. The van der Waals surface area contributed by atoms with Crippen molar-refractivity contribution in [2.24, 2.45) is 0 Å². The summed E-state index contributed by atoms with van der Waals surface area (Å²) in [5, 5.41) is 0. The number of ether oxygens (including phenoxy) is 2. The van der Waals surface area contributed by atoms with Crippen LogP contribution in [0.2, 0.25) is 0 Å². The molecule has 0 spiro atoms. The van der Waals surface area contributed by atoms with E-state index in [2.05, 4.69) is 0 Å². The Balaban J connectivity index is 3.12. The zero-order chi connectivity index (χ0) is 12.3. The number of carbonyl (C=O) groups excluding carboxylic acids is 1. The van der Waals surface area contributed by atoms with Crippen LogP contribution in [0.1, 0.15) is 24.2 Å². The SMILES string of the molecule is COc1cc(F)cc(C(=O)OC(C)C)c1N. The van der Waals surface area contributed by atoms with Gasteiger partial charge < -0.3 is 15.2 Å². The van der Waals surface area contributed by atoms with Gasteiger partial charge in [0, 0.05) is 6.07 Å². The zero-order valence-electron chi connectivity index (χ0n) is 9.41. The number of nitrogen functional groups attached to an aromatic ring is 1. The van der Waals surface area contributed by atoms with E-state index < -0.39 is 11.8 Å². The van der Waals surface area contributed by atoms with Gasteiger partial charge >= 0.3 is 5.97 Å². The molecule has 0 saturated carbocycles. The first-order valence-corrected chi connectivity index (χ1v) is 4.79. The number of nitrogens with two attached hydrogens (primary N) is 1. The van der Waals surface area contributed by atoms with E-state index in [4.69, 9.17) is 15.2 Å². The van der Waals surface area contributed by atoms with E-state index >= 15 is 0 Å². The van der Waals surface area contributed by atoms with E-state index in [1.807, 2.05) is 0 Å². The molecular formula is C11H14FNO3. The maximum Gasteiger partial charge on any atom is 0.340 e. The molecule has 1 aromatic carbocycles. The molecule has 0 aliphatic carbocycles. The molecule has 0 radical (unpaired) electrons. The predicted molar refractivity (Wildman–Crippen MR) is 57.9 cm³/mol. The summed E-state index contributed by atoms with van der Waals surface area (Å²) < 4.78 is 22.9. The Morgan fingerprint density at radius 2 is 2.06 bits per heavy atom. The molecule has 0 heterocycles. The number of esters is 1. The molecule has 0 aliphatic rings. The molecule has 88 valence electrons. The van der Waals surface area contributed by atoms with Crippen molar-refractivity contribution in [2.75, 3.05) is 12.8 Å². The number of hydrogen-bond acceptors (Lipinski definition) is 4. The highest BCUT2D eigenvalue weighted by Crippen LogP contribution is 2.27. The van der Waals surface area contributed by atoms with Crippen LogP contribution in [0.3, 0.4) is 0 Å². The quantitative estimate of drug-likeness (QED) is 0.633. The first kappa shape index (κ1) is 12.3. The number of hydrogen-bond donors (Lipinski definition) is 1. The Morgan fingerprint density at radius 3 is 2.56 bits per heavy atom. The first-order chi connectivity index (χ1) is 7.45. The van der Waals surface area contributed by atoms with Crippen LogP contribution in [0.25, 0.3) is 0 Å². The van der Waals surface area contributed by atoms with E-state index in [0.29, 0.717) is 0 Å². The highest BCUT2D eigenvalue weighted by molar-refractivity contribution is 5.96. The third-order valence-corrected chi connectivity index (χ3v) is 1.89. The summed E-state index contributed by atoms with van der Waals surface area (Å²) in [6, 6.07) is 2.14. The molecule has 0 unspecified atom stereocenters. The minimum absolute atomic E-state index is 0.0226. The molecule has 1 aromatic rings. The molecule has 16 heavy (non-hydrogen) atoms. The van der Waals surface area contributed by atoms with Crippen LogP contribution >= 0.6 is 0 Å². The van der Waals surface area contributed by atoms with Gasteiger partial charge in [0.15, 0.2) is 0 Å². The zero-order valence-corrected chi connectivity index (χ0v) is 9.41. The van der Waals surface area contributed by atoms with Crippen molar-refractivity contribution in [1.29, 1.82) is 0 Å². The van der Waals surface area contributed by atoms with Crippen molar-refractivity contribution in [2.45, 2.75) is 20.0 Å². The monoisotopic (exact) mass is 227 g/mol. The lowest BCUT2D eigenvalue weighted by Crippen LogP contribution is -2.14. The van der Waals surface area contributed by atoms with E-state index in [1.54, 1.807) is 13.8 Å². The van der Waals surface area contributed by atoms with Crippen LogP contribution in [0.15, 0.2) is 12.1 Å². The molecule has 0 aromatic heterocycles. The second-order valence-corrected chi connectivity index (χ2v) is 3.52. The fourth-order valence-electron chi connectivity index (χ4n) is 1.21. The molecule has 0 aliphatic heterocycles. The van der Waals surface area contributed by atoms with E-state index in [9.17, 15) is 9.18 Å². The lowest BCUT2D eigenvalue weighted by Gasteiger charge is -2.12. The summed E-state index contributed by atoms with van der Waals surface area (Å²) in [7, 11) is 1.35. The molecule has 1 rings (SSSR count). The van der Waals surface area contributed by atoms with Gasteiger partial charge in [-0.05, 0) is 19.9 Å². The van der Waals surface area contributed by atoms with Gasteiger partial charge in [-0.2, -0.15) is 0 Å². The number of rotatable bonds is 3. The highest BCUT2D eigenvalue weighted by Gasteiger charge is 2.17. The molecule has 0 amide bonds. The third-order valence-electron chi connectivity index (χ3n) is 1.89. The van der Waals surface area contributed by atoms with Gasteiger partial charge in [-0.15, -0.1) is 0 Å². The fraction of sp³-hybridized carbons (Fsp3) is 0.364. The van der Waals surface area contributed by atoms with Crippen LogP contribution in [0.4, 0.5) is 10.1 Å². The van der Waals surface area contributed by atoms with Crippen LogP contribution in [-0.4, -0.2) is 19.2 Å². The van der Waals surface area contributed by atoms with Gasteiger partial charge in [-0.1, -0.05) is 0 Å². The van der Waals surface area contributed by atoms with Gasteiger partial charge in [0.05, 0.1) is 24.5 Å².